The molecule has 112 valence electrons. The molecule has 1 aliphatic heterocycles. The zero-order valence-electron chi connectivity index (χ0n) is 12.6. The highest BCUT2D eigenvalue weighted by atomic mass is 16.2. The predicted octanol–water partition coefficient (Wildman–Crippen LogP) is 2.26. The van der Waals surface area contributed by atoms with Crippen LogP contribution in [0.25, 0.3) is 0 Å². The van der Waals surface area contributed by atoms with E-state index in [-0.39, 0.29) is 23.9 Å². The van der Waals surface area contributed by atoms with Gasteiger partial charge in [0.1, 0.15) is 12.1 Å². The number of hydrogen-bond acceptors (Lipinski definition) is 2. The minimum atomic E-state index is -0.469. The molecule has 1 N–H and O–H groups in total. The van der Waals surface area contributed by atoms with E-state index in [0.717, 1.165) is 18.4 Å². The summed E-state index contributed by atoms with van der Waals surface area (Å²) in [5.41, 5.74) is 0.902. The Balaban J connectivity index is 1.95. The molecule has 2 amide bonds. The summed E-state index contributed by atoms with van der Waals surface area (Å²) in [6.07, 6.45) is 2.73. The lowest BCUT2D eigenvalue weighted by Crippen LogP contribution is -2.60. The first kappa shape index (κ1) is 14.1. The van der Waals surface area contributed by atoms with Crippen LogP contribution in [0.1, 0.15) is 44.7 Å². The van der Waals surface area contributed by atoms with Crippen molar-refractivity contribution in [1.29, 1.82) is 0 Å². The number of nitrogens with zero attached hydrogens (tertiary/aromatic N) is 1. The monoisotopic (exact) mass is 286 g/mol. The van der Waals surface area contributed by atoms with Crippen molar-refractivity contribution in [3.63, 3.8) is 0 Å². The topological polar surface area (TPSA) is 49.4 Å². The van der Waals surface area contributed by atoms with E-state index in [1.807, 2.05) is 42.2 Å². The molecule has 2 fully saturated rings. The first-order valence-electron chi connectivity index (χ1n) is 7.84. The molecule has 21 heavy (non-hydrogen) atoms. The van der Waals surface area contributed by atoms with E-state index in [0.29, 0.717) is 12.3 Å². The SMILES string of the molecule is CCC1NC(=O)C(c2ccccc2)N(C2CC2CC)C1=O. The van der Waals surface area contributed by atoms with E-state index in [4.69, 9.17) is 0 Å². The van der Waals surface area contributed by atoms with Crippen molar-refractivity contribution in [3.8, 4) is 0 Å². The van der Waals surface area contributed by atoms with Gasteiger partial charge in [0, 0.05) is 6.04 Å². The van der Waals surface area contributed by atoms with Crippen LogP contribution in [0.15, 0.2) is 30.3 Å². The third kappa shape index (κ3) is 2.43. The maximum atomic E-state index is 12.7. The molecule has 4 heteroatoms. The summed E-state index contributed by atoms with van der Waals surface area (Å²) in [6, 6.07) is 9.02. The smallest absolute Gasteiger partial charge is 0.248 e. The van der Waals surface area contributed by atoms with E-state index in [9.17, 15) is 9.59 Å². The summed E-state index contributed by atoms with van der Waals surface area (Å²) in [7, 11) is 0. The van der Waals surface area contributed by atoms with Gasteiger partial charge in [-0.15, -0.1) is 0 Å². The largest absolute Gasteiger partial charge is 0.342 e. The fourth-order valence-corrected chi connectivity index (χ4v) is 3.34. The van der Waals surface area contributed by atoms with Crippen LogP contribution in [-0.4, -0.2) is 28.8 Å². The number of carbonyl (C=O) groups is 2. The summed E-state index contributed by atoms with van der Waals surface area (Å²) in [6.45, 7) is 4.09. The molecule has 4 unspecified atom stereocenters. The van der Waals surface area contributed by atoms with Gasteiger partial charge in [-0.25, -0.2) is 0 Å². The highest BCUT2D eigenvalue weighted by Gasteiger charge is 2.51. The first-order chi connectivity index (χ1) is 10.2. The van der Waals surface area contributed by atoms with Crippen molar-refractivity contribution in [2.24, 2.45) is 5.92 Å². The molecule has 1 aromatic rings. The van der Waals surface area contributed by atoms with Crippen molar-refractivity contribution in [1.82, 2.24) is 10.2 Å². The Labute approximate surface area is 125 Å². The Morgan fingerprint density at radius 1 is 1.14 bits per heavy atom. The van der Waals surface area contributed by atoms with Gasteiger partial charge in [-0.2, -0.15) is 0 Å². The van der Waals surface area contributed by atoms with Crippen LogP contribution in [0.3, 0.4) is 0 Å². The van der Waals surface area contributed by atoms with Crippen molar-refractivity contribution < 1.29 is 9.59 Å². The van der Waals surface area contributed by atoms with Gasteiger partial charge in [-0.1, -0.05) is 50.6 Å². The van der Waals surface area contributed by atoms with Gasteiger partial charge in [0.15, 0.2) is 0 Å². The summed E-state index contributed by atoms with van der Waals surface area (Å²) < 4.78 is 0. The zero-order valence-corrected chi connectivity index (χ0v) is 12.6. The second-order valence-corrected chi connectivity index (χ2v) is 6.00. The van der Waals surface area contributed by atoms with Gasteiger partial charge in [0.25, 0.3) is 0 Å². The summed E-state index contributed by atoms with van der Waals surface area (Å²) >= 11 is 0. The normalized spacial score (nSPS) is 32.0. The second-order valence-electron chi connectivity index (χ2n) is 6.00. The van der Waals surface area contributed by atoms with E-state index in [1.165, 1.54) is 0 Å². The van der Waals surface area contributed by atoms with Crippen molar-refractivity contribution in [3.05, 3.63) is 35.9 Å². The van der Waals surface area contributed by atoms with Gasteiger partial charge >= 0.3 is 0 Å². The molecular formula is C17H22N2O2. The fraction of sp³-hybridized carbons (Fsp3) is 0.529. The molecule has 0 radical (unpaired) electrons. The average molecular weight is 286 g/mol. The van der Waals surface area contributed by atoms with Crippen LogP contribution >= 0.6 is 0 Å². The molecular weight excluding hydrogens is 264 g/mol. The second kappa shape index (κ2) is 5.51. The molecule has 1 aliphatic carbocycles. The summed E-state index contributed by atoms with van der Waals surface area (Å²) in [5.74, 6) is 0.574. The molecule has 4 atom stereocenters. The zero-order chi connectivity index (χ0) is 15.0. The number of hydrogen-bond donors (Lipinski definition) is 1. The van der Waals surface area contributed by atoms with Gasteiger partial charge in [0.05, 0.1) is 0 Å². The third-order valence-electron chi connectivity index (χ3n) is 4.69. The number of rotatable bonds is 4. The van der Waals surface area contributed by atoms with E-state index in [2.05, 4.69) is 12.2 Å². The Bertz CT molecular complexity index is 543. The maximum Gasteiger partial charge on any atom is 0.248 e. The number of nitrogens with one attached hydrogen (secondary N) is 1. The van der Waals surface area contributed by atoms with Crippen LogP contribution in [0, 0.1) is 5.92 Å². The molecule has 0 bridgehead atoms. The van der Waals surface area contributed by atoms with Crippen molar-refractivity contribution >= 4 is 11.8 Å². The summed E-state index contributed by atoms with van der Waals surface area (Å²) in [5, 5.41) is 2.88. The van der Waals surface area contributed by atoms with Crippen LogP contribution in [0.5, 0.6) is 0 Å². The maximum absolute atomic E-state index is 12.7. The van der Waals surface area contributed by atoms with Crippen LogP contribution in [0.4, 0.5) is 0 Å². The number of piperazine rings is 1. The third-order valence-corrected chi connectivity index (χ3v) is 4.69. The molecule has 1 saturated carbocycles. The van der Waals surface area contributed by atoms with Gasteiger partial charge in [0.2, 0.25) is 11.8 Å². The summed E-state index contributed by atoms with van der Waals surface area (Å²) in [4.78, 5) is 27.1. The van der Waals surface area contributed by atoms with Crippen molar-refractivity contribution in [2.45, 2.75) is 51.2 Å². The Morgan fingerprint density at radius 3 is 2.43 bits per heavy atom. The number of benzene rings is 1. The first-order valence-corrected chi connectivity index (χ1v) is 7.84. The van der Waals surface area contributed by atoms with Crippen LogP contribution in [0.2, 0.25) is 0 Å². The van der Waals surface area contributed by atoms with E-state index >= 15 is 0 Å². The minimum Gasteiger partial charge on any atom is -0.342 e. The molecule has 4 nitrogen and oxygen atoms in total. The molecule has 0 spiro atoms. The van der Waals surface area contributed by atoms with Crippen LogP contribution in [-0.2, 0) is 9.59 Å². The molecule has 1 aromatic carbocycles. The van der Waals surface area contributed by atoms with Crippen LogP contribution < -0.4 is 5.32 Å². The Kier molecular flexibility index (Phi) is 3.70. The van der Waals surface area contributed by atoms with E-state index < -0.39 is 6.04 Å². The molecule has 1 saturated heterocycles. The molecule has 0 aromatic heterocycles. The Hall–Kier alpha value is -1.84. The number of amides is 2. The molecule has 3 rings (SSSR count). The van der Waals surface area contributed by atoms with E-state index in [1.54, 1.807) is 0 Å². The molecule has 1 heterocycles. The predicted molar refractivity (Wildman–Crippen MR) is 80.4 cm³/mol. The average Bonchev–Trinajstić information content (AvgIpc) is 3.29. The quantitative estimate of drug-likeness (QED) is 0.923. The standard InChI is InChI=1S/C17H22N2O2/c1-3-11-10-14(11)19-15(12-8-6-5-7-9-12)16(20)18-13(4-2)17(19)21/h5-9,11,13-15H,3-4,10H2,1-2H3,(H,18,20). The fourth-order valence-electron chi connectivity index (χ4n) is 3.34. The van der Waals surface area contributed by atoms with Gasteiger partial charge < -0.3 is 10.2 Å². The lowest BCUT2D eigenvalue weighted by Gasteiger charge is -2.39. The highest BCUT2D eigenvalue weighted by Crippen LogP contribution is 2.43. The Morgan fingerprint density at radius 2 is 1.86 bits per heavy atom. The molecule has 2 aliphatic rings. The van der Waals surface area contributed by atoms with Crippen molar-refractivity contribution in [2.75, 3.05) is 0 Å². The van der Waals surface area contributed by atoms with Gasteiger partial charge in [-0.3, -0.25) is 9.59 Å². The lowest BCUT2D eigenvalue weighted by atomic mass is 9.98. The highest BCUT2D eigenvalue weighted by molar-refractivity contribution is 5.97. The minimum absolute atomic E-state index is 0.0468. The lowest BCUT2D eigenvalue weighted by molar-refractivity contribution is -0.150. The number of carbonyl (C=O) groups excluding carboxylic acids is 2. The van der Waals surface area contributed by atoms with Gasteiger partial charge in [-0.05, 0) is 24.3 Å².